The number of carbonyl (C=O) groups excluding carboxylic acids is 2. The number of carbonyl (C=O) groups is 2. The molecule has 0 N–H and O–H groups in total. The normalized spacial score (nSPS) is 18.6. The largest absolute Gasteiger partial charge is 0.490 e. The van der Waals surface area contributed by atoms with Gasteiger partial charge in [-0.25, -0.2) is 14.1 Å². The number of benzene rings is 2. The molecule has 0 bridgehead atoms. The summed E-state index contributed by atoms with van der Waals surface area (Å²) in [6, 6.07) is 8.96. The Morgan fingerprint density at radius 3 is 2.70 bits per heavy atom. The van der Waals surface area contributed by atoms with E-state index in [2.05, 4.69) is 0 Å². The van der Waals surface area contributed by atoms with Gasteiger partial charge >= 0.3 is 6.03 Å². The third kappa shape index (κ3) is 3.94. The van der Waals surface area contributed by atoms with Crippen LogP contribution in [-0.2, 0) is 4.79 Å². The van der Waals surface area contributed by atoms with Gasteiger partial charge in [0.15, 0.2) is 0 Å². The van der Waals surface area contributed by atoms with Gasteiger partial charge in [0.05, 0.1) is 10.7 Å². The van der Waals surface area contributed by atoms with Gasteiger partial charge in [0, 0.05) is 12.6 Å². The Labute approximate surface area is 179 Å². The first-order valence-electron chi connectivity index (χ1n) is 9.91. The zero-order valence-corrected chi connectivity index (χ0v) is 17.3. The molecule has 8 heteroatoms. The molecular weight excluding hydrogens is 411 g/mol. The Balaban J connectivity index is 1.47. The number of ether oxygens (including phenoxy) is 2. The molecule has 158 valence electrons. The summed E-state index contributed by atoms with van der Waals surface area (Å²) in [6.07, 6.45) is 2.30. The highest BCUT2D eigenvalue weighted by atomic mass is 35.5. The molecule has 4 rings (SSSR count). The average Bonchev–Trinajstić information content (AvgIpc) is 2.98. The zero-order valence-electron chi connectivity index (χ0n) is 16.6. The summed E-state index contributed by atoms with van der Waals surface area (Å²) in [5.74, 6) is -0.250. The lowest BCUT2D eigenvalue weighted by Crippen LogP contribution is -2.39. The molecule has 2 aliphatic heterocycles. The maximum atomic E-state index is 14.6. The van der Waals surface area contributed by atoms with Crippen molar-refractivity contribution in [1.29, 1.82) is 0 Å². The van der Waals surface area contributed by atoms with Crippen LogP contribution in [-0.4, -0.2) is 42.6 Å². The van der Waals surface area contributed by atoms with Gasteiger partial charge in [-0.05, 0) is 49.9 Å². The highest BCUT2D eigenvalue weighted by molar-refractivity contribution is 6.32. The van der Waals surface area contributed by atoms with Gasteiger partial charge in [0.1, 0.15) is 36.6 Å². The first-order valence-corrected chi connectivity index (χ1v) is 10.3. The van der Waals surface area contributed by atoms with Crippen molar-refractivity contribution in [1.82, 2.24) is 4.90 Å². The Bertz CT molecular complexity index is 960. The number of aryl methyl sites for hydroxylation is 1. The van der Waals surface area contributed by atoms with E-state index in [1.54, 1.807) is 0 Å². The van der Waals surface area contributed by atoms with Crippen LogP contribution >= 0.6 is 11.6 Å². The molecule has 0 aromatic heterocycles. The van der Waals surface area contributed by atoms with Crippen LogP contribution in [0, 0.1) is 12.7 Å². The van der Waals surface area contributed by atoms with E-state index in [0.717, 1.165) is 35.1 Å². The molecule has 2 aromatic rings. The average molecular weight is 433 g/mol. The topological polar surface area (TPSA) is 59.1 Å². The van der Waals surface area contributed by atoms with Gasteiger partial charge in [0.25, 0.3) is 5.91 Å². The van der Waals surface area contributed by atoms with Crippen LogP contribution < -0.4 is 14.4 Å². The summed E-state index contributed by atoms with van der Waals surface area (Å²) < 4.78 is 25.9. The van der Waals surface area contributed by atoms with E-state index in [-0.39, 0.29) is 29.7 Å². The Kier molecular flexibility index (Phi) is 5.81. The lowest BCUT2D eigenvalue weighted by molar-refractivity contribution is -0.120. The number of hydrogen-bond donors (Lipinski definition) is 0. The summed E-state index contributed by atoms with van der Waals surface area (Å²) in [7, 11) is 0. The number of nitrogens with zero attached hydrogens (tertiary/aromatic N) is 2. The van der Waals surface area contributed by atoms with E-state index in [4.69, 9.17) is 21.1 Å². The van der Waals surface area contributed by atoms with E-state index in [0.29, 0.717) is 13.0 Å². The van der Waals surface area contributed by atoms with Crippen molar-refractivity contribution in [2.45, 2.75) is 32.2 Å². The molecule has 0 spiro atoms. The van der Waals surface area contributed by atoms with Gasteiger partial charge < -0.3 is 14.4 Å². The highest BCUT2D eigenvalue weighted by Crippen LogP contribution is 2.37. The van der Waals surface area contributed by atoms with E-state index in [9.17, 15) is 14.0 Å². The van der Waals surface area contributed by atoms with Crippen LogP contribution in [0.3, 0.4) is 0 Å². The van der Waals surface area contributed by atoms with Crippen molar-refractivity contribution in [3.05, 3.63) is 52.8 Å². The van der Waals surface area contributed by atoms with Crippen molar-refractivity contribution < 1.29 is 23.5 Å². The molecule has 3 amide bonds. The molecule has 30 heavy (non-hydrogen) atoms. The minimum atomic E-state index is -0.745. The minimum absolute atomic E-state index is 0.0589. The number of rotatable bonds is 6. The number of halogens is 2. The third-order valence-electron chi connectivity index (χ3n) is 5.29. The maximum Gasteiger partial charge on any atom is 0.332 e. The van der Waals surface area contributed by atoms with Gasteiger partial charge in [-0.15, -0.1) is 0 Å². The lowest BCUT2D eigenvalue weighted by Gasteiger charge is -2.26. The molecule has 6 nitrogen and oxygen atoms in total. The summed E-state index contributed by atoms with van der Waals surface area (Å²) in [4.78, 5) is 27.9. The maximum absolute atomic E-state index is 14.6. The molecule has 2 fully saturated rings. The molecule has 2 aliphatic rings. The SMILES string of the molecule is Cc1cccc(OCCOc2cc(N3C(=O)C4CCCCN4C3=O)c(F)cc2Cl)c1. The first kappa shape index (κ1) is 20.5. The van der Waals surface area contributed by atoms with E-state index >= 15 is 0 Å². The predicted molar refractivity (Wildman–Crippen MR) is 111 cm³/mol. The fourth-order valence-corrected chi connectivity index (χ4v) is 4.03. The number of anilines is 1. The van der Waals surface area contributed by atoms with Crippen LogP contribution in [0.4, 0.5) is 14.9 Å². The van der Waals surface area contributed by atoms with Crippen molar-refractivity contribution in [2.24, 2.45) is 0 Å². The fourth-order valence-electron chi connectivity index (χ4n) is 3.83. The Hall–Kier alpha value is -2.80. The number of imide groups is 1. The predicted octanol–water partition coefficient (Wildman–Crippen LogP) is 4.57. The molecule has 1 unspecified atom stereocenters. The second-order valence-corrected chi connectivity index (χ2v) is 7.82. The smallest absolute Gasteiger partial charge is 0.332 e. The number of urea groups is 1. The molecule has 2 aromatic carbocycles. The molecule has 0 aliphatic carbocycles. The van der Waals surface area contributed by atoms with Crippen molar-refractivity contribution >= 4 is 29.2 Å². The Morgan fingerprint density at radius 2 is 1.93 bits per heavy atom. The standard InChI is InChI=1S/C22H22ClFN2O4/c1-14-5-4-6-15(11-14)29-9-10-30-20-13-19(17(24)12-16(20)23)26-21(27)18-7-2-3-8-25(18)22(26)28/h4-6,11-13,18H,2-3,7-10H2,1H3. The highest BCUT2D eigenvalue weighted by Gasteiger charge is 2.47. The number of hydrogen-bond acceptors (Lipinski definition) is 4. The van der Waals surface area contributed by atoms with Gasteiger partial charge in [0.2, 0.25) is 0 Å². The Morgan fingerprint density at radius 1 is 1.13 bits per heavy atom. The number of piperidine rings is 1. The van der Waals surface area contributed by atoms with Crippen molar-refractivity contribution in [3.8, 4) is 11.5 Å². The van der Waals surface area contributed by atoms with Crippen LogP contribution in [0.1, 0.15) is 24.8 Å². The summed E-state index contributed by atoms with van der Waals surface area (Å²) >= 11 is 6.11. The van der Waals surface area contributed by atoms with Crippen molar-refractivity contribution in [2.75, 3.05) is 24.7 Å². The van der Waals surface area contributed by atoms with Gasteiger partial charge in [-0.2, -0.15) is 0 Å². The van der Waals surface area contributed by atoms with E-state index < -0.39 is 23.8 Å². The second-order valence-electron chi connectivity index (χ2n) is 7.41. The van der Waals surface area contributed by atoms with Crippen LogP contribution in [0.25, 0.3) is 0 Å². The third-order valence-corrected chi connectivity index (χ3v) is 5.58. The molecule has 2 heterocycles. The summed E-state index contributed by atoms with van der Waals surface area (Å²) in [6.45, 7) is 2.89. The van der Waals surface area contributed by atoms with Crippen molar-refractivity contribution in [3.63, 3.8) is 0 Å². The molecule has 0 saturated carbocycles. The zero-order chi connectivity index (χ0) is 21.3. The minimum Gasteiger partial charge on any atom is -0.490 e. The van der Waals surface area contributed by atoms with Gasteiger partial charge in [-0.3, -0.25) is 4.79 Å². The molecule has 1 atom stereocenters. The van der Waals surface area contributed by atoms with Crippen LogP contribution in [0.2, 0.25) is 5.02 Å². The molecule has 2 saturated heterocycles. The van der Waals surface area contributed by atoms with E-state index in [1.165, 1.54) is 11.0 Å². The first-order chi connectivity index (χ1) is 14.5. The van der Waals surface area contributed by atoms with Crippen LogP contribution in [0.15, 0.2) is 36.4 Å². The fraction of sp³-hybridized carbons (Fsp3) is 0.364. The molecular formula is C22H22ClFN2O4. The molecule has 0 radical (unpaired) electrons. The monoisotopic (exact) mass is 432 g/mol. The second kappa shape index (κ2) is 8.52. The van der Waals surface area contributed by atoms with Gasteiger partial charge in [-0.1, -0.05) is 23.7 Å². The summed E-state index contributed by atoms with van der Waals surface area (Å²) in [5, 5.41) is 0.0589. The number of amides is 3. The quantitative estimate of drug-likeness (QED) is 0.495. The lowest BCUT2D eigenvalue weighted by atomic mass is 10.0. The number of fused-ring (bicyclic) bond motifs is 1. The summed E-state index contributed by atoms with van der Waals surface area (Å²) in [5.41, 5.74) is 0.939. The van der Waals surface area contributed by atoms with E-state index in [1.807, 2.05) is 31.2 Å². The van der Waals surface area contributed by atoms with Crippen LogP contribution in [0.5, 0.6) is 11.5 Å².